The SMILES string of the molecule is COc1ccc(OC)c(NC(=S)NC(=O)COc2ccc3cc(Br)ccc3c2Br)c1. The van der Waals surface area contributed by atoms with Crippen LogP contribution in [0.15, 0.2) is 57.5 Å². The van der Waals surface area contributed by atoms with E-state index in [1.165, 1.54) is 0 Å². The minimum absolute atomic E-state index is 0.123. The third-order valence-electron chi connectivity index (χ3n) is 4.15. The number of thiocarbonyl (C=S) groups is 1. The first kappa shape index (κ1) is 22.3. The largest absolute Gasteiger partial charge is 0.497 e. The predicted molar refractivity (Wildman–Crippen MR) is 129 cm³/mol. The minimum Gasteiger partial charge on any atom is -0.497 e. The first-order valence-corrected chi connectivity index (χ1v) is 10.7. The molecule has 0 radical (unpaired) electrons. The Kier molecular flexibility index (Phi) is 7.52. The van der Waals surface area contributed by atoms with Gasteiger partial charge in [0.2, 0.25) is 0 Å². The van der Waals surface area contributed by atoms with Crippen LogP contribution in [0.4, 0.5) is 5.69 Å². The molecule has 0 heterocycles. The van der Waals surface area contributed by atoms with Crippen molar-refractivity contribution in [3.8, 4) is 17.2 Å². The number of halogens is 2. The van der Waals surface area contributed by atoms with Gasteiger partial charge in [0.1, 0.15) is 17.2 Å². The van der Waals surface area contributed by atoms with Gasteiger partial charge in [-0.1, -0.05) is 28.1 Å². The molecule has 0 spiro atoms. The Bertz CT molecular complexity index is 1110. The monoisotopic (exact) mass is 552 g/mol. The van der Waals surface area contributed by atoms with Gasteiger partial charge < -0.3 is 19.5 Å². The van der Waals surface area contributed by atoms with Gasteiger partial charge in [0.15, 0.2) is 11.7 Å². The fourth-order valence-corrected chi connectivity index (χ4v) is 3.94. The number of ether oxygens (including phenoxy) is 3. The van der Waals surface area contributed by atoms with E-state index >= 15 is 0 Å². The van der Waals surface area contributed by atoms with Crippen LogP contribution in [0.25, 0.3) is 10.8 Å². The van der Waals surface area contributed by atoms with Gasteiger partial charge in [-0.2, -0.15) is 0 Å². The fourth-order valence-electron chi connectivity index (χ4n) is 2.73. The number of hydrogen-bond donors (Lipinski definition) is 2. The summed E-state index contributed by atoms with van der Waals surface area (Å²) in [5.74, 6) is 1.37. The first-order chi connectivity index (χ1) is 14.4. The second-order valence-electron chi connectivity index (χ2n) is 6.10. The Morgan fingerprint density at radius 1 is 1.00 bits per heavy atom. The van der Waals surface area contributed by atoms with Crippen LogP contribution in [0.1, 0.15) is 0 Å². The summed E-state index contributed by atoms with van der Waals surface area (Å²) in [6.07, 6.45) is 0. The molecule has 2 N–H and O–H groups in total. The van der Waals surface area contributed by atoms with Gasteiger partial charge in [0, 0.05) is 10.5 Å². The van der Waals surface area contributed by atoms with Crippen LogP contribution >= 0.6 is 44.1 Å². The Morgan fingerprint density at radius 2 is 1.77 bits per heavy atom. The first-order valence-electron chi connectivity index (χ1n) is 8.74. The van der Waals surface area contributed by atoms with Crippen molar-refractivity contribution in [2.24, 2.45) is 0 Å². The molecule has 0 bridgehead atoms. The van der Waals surface area contributed by atoms with Crippen molar-refractivity contribution in [2.75, 3.05) is 26.1 Å². The maximum atomic E-state index is 12.3. The molecule has 0 aliphatic rings. The highest BCUT2D eigenvalue weighted by molar-refractivity contribution is 9.11. The van der Waals surface area contributed by atoms with E-state index in [2.05, 4.69) is 42.5 Å². The summed E-state index contributed by atoms with van der Waals surface area (Å²) in [5.41, 5.74) is 0.575. The van der Waals surface area contributed by atoms with E-state index < -0.39 is 5.91 Å². The highest BCUT2D eigenvalue weighted by atomic mass is 79.9. The number of fused-ring (bicyclic) bond motifs is 1. The van der Waals surface area contributed by atoms with Crippen LogP contribution in [0, 0.1) is 0 Å². The standard InChI is InChI=1S/C21H18Br2N2O4S/c1-27-14-5-8-17(28-2)16(10-14)24-21(30)25-19(26)11-29-18-7-3-12-9-13(22)4-6-15(12)20(18)23/h3-10H,11H2,1-2H3,(H2,24,25,26,30). The van der Waals surface area contributed by atoms with Crippen molar-refractivity contribution in [2.45, 2.75) is 0 Å². The lowest BCUT2D eigenvalue weighted by molar-refractivity contribution is -0.121. The topological polar surface area (TPSA) is 68.8 Å². The summed E-state index contributed by atoms with van der Waals surface area (Å²) in [6.45, 7) is -0.197. The fraction of sp³-hybridized carbons (Fsp3) is 0.143. The average Bonchev–Trinajstić information content (AvgIpc) is 2.73. The van der Waals surface area contributed by atoms with E-state index in [-0.39, 0.29) is 11.7 Å². The number of anilines is 1. The molecule has 3 aromatic rings. The van der Waals surface area contributed by atoms with E-state index in [0.717, 1.165) is 19.7 Å². The van der Waals surface area contributed by atoms with Crippen molar-refractivity contribution in [1.29, 1.82) is 0 Å². The lowest BCUT2D eigenvalue weighted by Gasteiger charge is -2.14. The highest BCUT2D eigenvalue weighted by Crippen LogP contribution is 2.34. The van der Waals surface area contributed by atoms with E-state index in [0.29, 0.717) is 22.9 Å². The molecular formula is C21H18Br2N2O4S. The molecule has 1 amide bonds. The smallest absolute Gasteiger partial charge is 0.264 e. The molecule has 0 unspecified atom stereocenters. The summed E-state index contributed by atoms with van der Waals surface area (Å²) in [6, 6.07) is 14.9. The number of nitrogens with one attached hydrogen (secondary N) is 2. The van der Waals surface area contributed by atoms with Crippen LogP contribution in [-0.2, 0) is 4.79 Å². The minimum atomic E-state index is -0.392. The molecule has 0 saturated heterocycles. The van der Waals surface area contributed by atoms with Gasteiger partial charge in [-0.25, -0.2) is 0 Å². The van der Waals surface area contributed by atoms with E-state index in [1.807, 2.05) is 30.3 Å². The maximum Gasteiger partial charge on any atom is 0.264 e. The lowest BCUT2D eigenvalue weighted by Crippen LogP contribution is -2.37. The molecule has 0 aliphatic carbocycles. The van der Waals surface area contributed by atoms with Crippen molar-refractivity contribution >= 4 is 71.6 Å². The summed E-state index contributed by atoms with van der Waals surface area (Å²) >= 11 is 12.2. The maximum absolute atomic E-state index is 12.3. The number of amides is 1. The number of benzene rings is 3. The van der Waals surface area contributed by atoms with Gasteiger partial charge in [-0.05, 0) is 69.3 Å². The van der Waals surface area contributed by atoms with Crippen LogP contribution in [0.3, 0.4) is 0 Å². The van der Waals surface area contributed by atoms with Crippen molar-refractivity contribution < 1.29 is 19.0 Å². The third-order valence-corrected chi connectivity index (χ3v) is 5.66. The van der Waals surface area contributed by atoms with Crippen LogP contribution in [0.5, 0.6) is 17.2 Å². The summed E-state index contributed by atoms with van der Waals surface area (Å²) in [5, 5.41) is 7.68. The van der Waals surface area contributed by atoms with Gasteiger partial charge in [-0.3, -0.25) is 10.1 Å². The molecule has 0 fully saturated rings. The highest BCUT2D eigenvalue weighted by Gasteiger charge is 2.12. The molecule has 6 nitrogen and oxygen atoms in total. The summed E-state index contributed by atoms with van der Waals surface area (Å²) in [7, 11) is 3.11. The second kappa shape index (κ2) is 10.1. The zero-order chi connectivity index (χ0) is 21.7. The van der Waals surface area contributed by atoms with Crippen molar-refractivity contribution in [1.82, 2.24) is 5.32 Å². The predicted octanol–water partition coefficient (Wildman–Crippen LogP) is 5.27. The molecule has 0 saturated carbocycles. The normalized spacial score (nSPS) is 10.4. The summed E-state index contributed by atoms with van der Waals surface area (Å²) in [4.78, 5) is 12.3. The molecule has 30 heavy (non-hydrogen) atoms. The third kappa shape index (κ3) is 5.41. The number of methoxy groups -OCH3 is 2. The van der Waals surface area contributed by atoms with Crippen molar-refractivity contribution in [3.05, 3.63) is 57.5 Å². The van der Waals surface area contributed by atoms with Crippen molar-refractivity contribution in [3.63, 3.8) is 0 Å². The molecule has 3 rings (SSSR count). The molecule has 3 aromatic carbocycles. The molecule has 0 aliphatic heterocycles. The average molecular weight is 554 g/mol. The number of carbonyl (C=O) groups excluding carboxylic acids is 1. The second-order valence-corrected chi connectivity index (χ2v) is 8.22. The lowest BCUT2D eigenvalue weighted by atomic mass is 10.1. The van der Waals surface area contributed by atoms with Gasteiger partial charge in [0.25, 0.3) is 5.91 Å². The molecule has 156 valence electrons. The van der Waals surface area contributed by atoms with E-state index in [1.54, 1.807) is 32.4 Å². The zero-order valence-corrected chi connectivity index (χ0v) is 20.1. The number of carbonyl (C=O) groups is 1. The number of rotatable bonds is 6. The molecule has 0 atom stereocenters. The molecular weight excluding hydrogens is 536 g/mol. The van der Waals surface area contributed by atoms with Crippen LogP contribution in [0.2, 0.25) is 0 Å². The van der Waals surface area contributed by atoms with Crippen LogP contribution < -0.4 is 24.8 Å². The Labute approximate surface area is 196 Å². The Hall–Kier alpha value is -2.36. The van der Waals surface area contributed by atoms with E-state index in [9.17, 15) is 4.79 Å². The van der Waals surface area contributed by atoms with E-state index in [4.69, 9.17) is 26.4 Å². The van der Waals surface area contributed by atoms with Gasteiger partial charge in [-0.15, -0.1) is 0 Å². The van der Waals surface area contributed by atoms with Gasteiger partial charge >= 0.3 is 0 Å². The Morgan fingerprint density at radius 3 is 2.50 bits per heavy atom. The zero-order valence-electron chi connectivity index (χ0n) is 16.1. The number of hydrogen-bond acceptors (Lipinski definition) is 5. The van der Waals surface area contributed by atoms with Gasteiger partial charge in [0.05, 0.1) is 24.4 Å². The van der Waals surface area contributed by atoms with Crippen LogP contribution in [-0.4, -0.2) is 31.8 Å². The quantitative estimate of drug-likeness (QED) is 0.405. The molecule has 0 aromatic heterocycles. The molecule has 9 heteroatoms. The summed E-state index contributed by atoms with van der Waals surface area (Å²) < 4.78 is 17.9. The Balaban J connectivity index is 1.61.